The van der Waals surface area contributed by atoms with Gasteiger partial charge in [-0.2, -0.15) is 0 Å². The van der Waals surface area contributed by atoms with Crippen LogP contribution in [0, 0.1) is 0 Å². The van der Waals surface area contributed by atoms with Gasteiger partial charge in [0.25, 0.3) is 11.8 Å². The Labute approximate surface area is 144 Å². The standard InChI is InChI=1S/C17H21F2N3O3/c1-16(8-25-9-16)21-15(23)14-12(24-2)5-11(13(20-14)10-3-4-10)22-6-17(18,19)7-22/h5,10H,3-4,6-9H2,1-2H3,(H,21,23). The molecule has 8 heteroatoms. The van der Waals surface area contributed by atoms with Crippen LogP contribution >= 0.6 is 0 Å². The molecule has 0 bridgehead atoms. The summed E-state index contributed by atoms with van der Waals surface area (Å²) in [7, 11) is 1.45. The first-order valence-electron chi connectivity index (χ1n) is 8.42. The average Bonchev–Trinajstić information content (AvgIpc) is 3.34. The molecule has 2 aliphatic heterocycles. The van der Waals surface area contributed by atoms with Crippen LogP contribution in [0.5, 0.6) is 5.75 Å². The van der Waals surface area contributed by atoms with Gasteiger partial charge >= 0.3 is 0 Å². The maximum atomic E-state index is 13.3. The van der Waals surface area contributed by atoms with Crippen LogP contribution in [-0.4, -0.2) is 55.8 Å². The fourth-order valence-electron chi connectivity index (χ4n) is 3.22. The van der Waals surface area contributed by atoms with Crippen molar-refractivity contribution >= 4 is 11.6 Å². The highest BCUT2D eigenvalue weighted by atomic mass is 19.3. The van der Waals surface area contributed by atoms with Crippen molar-refractivity contribution in [1.29, 1.82) is 0 Å². The molecule has 1 aromatic heterocycles. The van der Waals surface area contributed by atoms with E-state index in [1.54, 1.807) is 11.0 Å². The minimum atomic E-state index is -2.66. The van der Waals surface area contributed by atoms with Gasteiger partial charge in [0, 0.05) is 12.0 Å². The van der Waals surface area contributed by atoms with Crippen LogP contribution in [0.2, 0.25) is 0 Å². The molecule has 25 heavy (non-hydrogen) atoms. The van der Waals surface area contributed by atoms with Crippen molar-refractivity contribution in [2.75, 3.05) is 38.3 Å². The lowest BCUT2D eigenvalue weighted by atomic mass is 10.00. The largest absolute Gasteiger partial charge is 0.494 e. The number of methoxy groups -OCH3 is 1. The van der Waals surface area contributed by atoms with Crippen molar-refractivity contribution in [2.24, 2.45) is 0 Å². The molecule has 1 amide bonds. The molecule has 0 unspecified atom stereocenters. The highest BCUT2D eigenvalue weighted by Gasteiger charge is 2.46. The van der Waals surface area contributed by atoms with Crippen LogP contribution in [0.4, 0.5) is 14.5 Å². The van der Waals surface area contributed by atoms with Gasteiger partial charge in [0.05, 0.1) is 50.3 Å². The lowest BCUT2D eigenvalue weighted by Crippen LogP contribution is -2.60. The zero-order chi connectivity index (χ0) is 17.8. The molecular formula is C17H21F2N3O3. The predicted octanol–water partition coefficient (Wildman–Crippen LogP) is 1.94. The van der Waals surface area contributed by atoms with Crippen LogP contribution < -0.4 is 15.0 Å². The molecule has 6 nitrogen and oxygen atoms in total. The Morgan fingerprint density at radius 2 is 2.08 bits per heavy atom. The minimum absolute atomic E-state index is 0.202. The maximum absolute atomic E-state index is 13.3. The molecule has 4 rings (SSSR count). The van der Waals surface area contributed by atoms with Gasteiger partial charge in [-0.05, 0) is 19.8 Å². The number of nitrogens with zero attached hydrogens (tertiary/aromatic N) is 2. The second-order valence-electron chi connectivity index (χ2n) is 7.44. The number of carbonyl (C=O) groups is 1. The highest BCUT2D eigenvalue weighted by Crippen LogP contribution is 2.46. The fourth-order valence-corrected chi connectivity index (χ4v) is 3.22. The molecule has 3 heterocycles. The van der Waals surface area contributed by atoms with Crippen LogP contribution in [0.1, 0.15) is 41.9 Å². The van der Waals surface area contributed by atoms with Crippen LogP contribution in [-0.2, 0) is 4.74 Å². The van der Waals surface area contributed by atoms with E-state index >= 15 is 0 Å². The third-order valence-electron chi connectivity index (χ3n) is 4.84. The summed E-state index contributed by atoms with van der Waals surface area (Å²) in [5, 5.41) is 2.92. The van der Waals surface area contributed by atoms with Gasteiger partial charge in [0.15, 0.2) is 11.4 Å². The topological polar surface area (TPSA) is 63.7 Å². The molecule has 3 fully saturated rings. The number of hydrogen-bond acceptors (Lipinski definition) is 5. The summed E-state index contributed by atoms with van der Waals surface area (Å²) in [6.07, 6.45) is 1.92. The first-order valence-corrected chi connectivity index (χ1v) is 8.42. The molecule has 136 valence electrons. The first kappa shape index (κ1) is 16.5. The van der Waals surface area contributed by atoms with Gasteiger partial charge < -0.3 is 19.7 Å². The van der Waals surface area contributed by atoms with E-state index in [1.807, 2.05) is 6.92 Å². The quantitative estimate of drug-likeness (QED) is 0.877. The summed E-state index contributed by atoms with van der Waals surface area (Å²) < 4.78 is 37.0. The Kier molecular flexibility index (Phi) is 3.64. The summed E-state index contributed by atoms with van der Waals surface area (Å²) in [6, 6.07) is 1.67. The molecular weight excluding hydrogens is 332 g/mol. The molecule has 0 spiro atoms. The second kappa shape index (κ2) is 5.52. The summed E-state index contributed by atoms with van der Waals surface area (Å²) in [6.45, 7) is 2.17. The van der Waals surface area contributed by atoms with E-state index in [1.165, 1.54) is 7.11 Å². The van der Waals surface area contributed by atoms with Gasteiger partial charge in [-0.15, -0.1) is 0 Å². The van der Waals surface area contributed by atoms with E-state index in [0.29, 0.717) is 24.7 Å². The van der Waals surface area contributed by atoms with E-state index in [0.717, 1.165) is 18.5 Å². The van der Waals surface area contributed by atoms with E-state index < -0.39 is 11.5 Å². The molecule has 0 radical (unpaired) electrons. The summed E-state index contributed by atoms with van der Waals surface area (Å²) in [5.74, 6) is -2.46. The van der Waals surface area contributed by atoms with Crippen molar-refractivity contribution in [3.8, 4) is 5.75 Å². The van der Waals surface area contributed by atoms with Crippen molar-refractivity contribution in [3.05, 3.63) is 17.5 Å². The van der Waals surface area contributed by atoms with Crippen LogP contribution in [0.15, 0.2) is 6.07 Å². The van der Waals surface area contributed by atoms with E-state index in [9.17, 15) is 13.6 Å². The number of amides is 1. The number of hydrogen-bond donors (Lipinski definition) is 1. The third-order valence-corrected chi connectivity index (χ3v) is 4.84. The number of nitrogens with one attached hydrogen (secondary N) is 1. The molecule has 0 aromatic carbocycles. The van der Waals surface area contributed by atoms with Crippen LogP contribution in [0.25, 0.3) is 0 Å². The molecule has 1 N–H and O–H groups in total. The lowest BCUT2D eigenvalue weighted by Gasteiger charge is -2.41. The second-order valence-corrected chi connectivity index (χ2v) is 7.44. The van der Waals surface area contributed by atoms with E-state index in [4.69, 9.17) is 9.47 Å². The minimum Gasteiger partial charge on any atom is -0.494 e. The smallest absolute Gasteiger partial charge is 0.282 e. The normalized spacial score (nSPS) is 23.4. The molecule has 1 aromatic rings. The number of halogens is 2. The first-order chi connectivity index (χ1) is 11.8. The molecule has 1 aliphatic carbocycles. The molecule has 3 aliphatic rings. The van der Waals surface area contributed by atoms with Gasteiger partial charge in [0.2, 0.25) is 0 Å². The average molecular weight is 353 g/mol. The maximum Gasteiger partial charge on any atom is 0.282 e. The number of aromatic nitrogens is 1. The van der Waals surface area contributed by atoms with Gasteiger partial charge in [-0.3, -0.25) is 4.79 Å². The Morgan fingerprint density at radius 3 is 2.56 bits per heavy atom. The van der Waals surface area contributed by atoms with Gasteiger partial charge in [-0.25, -0.2) is 13.8 Å². The fraction of sp³-hybridized carbons (Fsp3) is 0.647. The zero-order valence-electron chi connectivity index (χ0n) is 14.3. The Balaban J connectivity index is 1.65. The number of anilines is 1. The Bertz CT molecular complexity index is 709. The lowest BCUT2D eigenvalue weighted by molar-refractivity contribution is -0.0594. The van der Waals surface area contributed by atoms with Crippen molar-refractivity contribution in [3.63, 3.8) is 0 Å². The number of carbonyl (C=O) groups excluding carboxylic acids is 1. The van der Waals surface area contributed by atoms with Gasteiger partial charge in [0.1, 0.15) is 0 Å². The Hall–Kier alpha value is -1.96. The number of rotatable bonds is 5. The van der Waals surface area contributed by atoms with E-state index in [2.05, 4.69) is 10.3 Å². The van der Waals surface area contributed by atoms with Gasteiger partial charge in [-0.1, -0.05) is 0 Å². The monoisotopic (exact) mass is 353 g/mol. The molecule has 0 atom stereocenters. The predicted molar refractivity (Wildman–Crippen MR) is 86.6 cm³/mol. The van der Waals surface area contributed by atoms with Crippen molar-refractivity contribution in [2.45, 2.75) is 37.1 Å². The summed E-state index contributed by atoms with van der Waals surface area (Å²) in [4.78, 5) is 18.8. The summed E-state index contributed by atoms with van der Waals surface area (Å²) >= 11 is 0. The third kappa shape index (κ3) is 3.03. The SMILES string of the molecule is COc1cc(N2CC(F)(F)C2)c(C2CC2)nc1C(=O)NC1(C)COC1. The van der Waals surface area contributed by atoms with E-state index in [-0.39, 0.29) is 30.6 Å². The number of pyridine rings is 1. The molecule has 2 saturated heterocycles. The van der Waals surface area contributed by atoms with Crippen LogP contribution in [0.3, 0.4) is 0 Å². The highest BCUT2D eigenvalue weighted by molar-refractivity contribution is 5.96. The zero-order valence-corrected chi connectivity index (χ0v) is 14.3. The van der Waals surface area contributed by atoms with Crippen molar-refractivity contribution in [1.82, 2.24) is 10.3 Å². The Morgan fingerprint density at radius 1 is 1.40 bits per heavy atom. The molecule has 1 saturated carbocycles. The number of alkyl halides is 2. The number of ether oxygens (including phenoxy) is 2. The summed E-state index contributed by atoms with van der Waals surface area (Å²) in [5.41, 5.74) is 1.17. The van der Waals surface area contributed by atoms with Crippen molar-refractivity contribution < 1.29 is 23.0 Å².